The minimum absolute atomic E-state index is 0.161. The number of aromatic nitrogens is 2. The number of halogens is 2. The molecule has 0 aliphatic heterocycles. The lowest BCUT2D eigenvalue weighted by molar-refractivity contribution is -0.384. The number of hydrogen-bond donors (Lipinski definition) is 2. The van der Waals surface area contributed by atoms with E-state index in [4.69, 9.17) is 16.4 Å². The predicted molar refractivity (Wildman–Crippen MR) is 133 cm³/mol. The maximum Gasteiger partial charge on any atom is 0.297 e. The first-order valence-corrected chi connectivity index (χ1v) is 11.7. The van der Waals surface area contributed by atoms with Crippen molar-refractivity contribution in [2.45, 2.75) is 26.7 Å². The van der Waals surface area contributed by atoms with Crippen LogP contribution in [0.5, 0.6) is 0 Å². The summed E-state index contributed by atoms with van der Waals surface area (Å²) in [5.41, 5.74) is 4.73. The van der Waals surface area contributed by atoms with Gasteiger partial charge < -0.3 is 5.32 Å². The number of carbonyl (C=O) groups excluding carboxylic acids is 1. The molecule has 2 N–H and O–H groups in total. The van der Waals surface area contributed by atoms with Gasteiger partial charge in [0.25, 0.3) is 11.6 Å². The van der Waals surface area contributed by atoms with E-state index in [0.29, 0.717) is 34.6 Å². The topological polar surface area (TPSA) is 111 Å². The van der Waals surface area contributed by atoms with Crippen molar-refractivity contribution in [3.63, 3.8) is 0 Å². The highest BCUT2D eigenvalue weighted by Gasteiger charge is 2.26. The van der Waals surface area contributed by atoms with E-state index in [2.05, 4.69) is 38.5 Å². The van der Waals surface area contributed by atoms with E-state index in [1.807, 2.05) is 6.07 Å². The van der Waals surface area contributed by atoms with Gasteiger partial charge in [-0.3, -0.25) is 19.7 Å². The highest BCUT2D eigenvalue weighted by atomic mass is 127. The van der Waals surface area contributed by atoms with E-state index in [0.717, 1.165) is 16.4 Å². The second-order valence-corrected chi connectivity index (χ2v) is 9.57. The fourth-order valence-electron chi connectivity index (χ4n) is 3.36. The van der Waals surface area contributed by atoms with E-state index < -0.39 is 10.8 Å². The molecule has 0 saturated heterocycles. The molecular formula is C22H21ClIN5O4. The molecule has 4 rings (SSSR count). The molecule has 11 heteroatoms. The average molecular weight is 582 g/mol. The Labute approximate surface area is 208 Å². The molecule has 172 valence electrons. The van der Waals surface area contributed by atoms with E-state index in [1.165, 1.54) is 16.8 Å². The molecule has 1 aromatic heterocycles. The monoisotopic (exact) mass is 581 g/mol. The van der Waals surface area contributed by atoms with Crippen LogP contribution >= 0.6 is 34.2 Å². The van der Waals surface area contributed by atoms with Crippen LogP contribution in [0, 0.1) is 33.4 Å². The number of hydrogen-bond acceptors (Lipinski definition) is 6. The third-order valence-electron chi connectivity index (χ3n) is 5.18. The fraction of sp³-hybridized carbons (Fsp3) is 0.273. The lowest BCUT2D eigenvalue weighted by Crippen LogP contribution is -2.26. The number of aryl methyl sites for hydroxylation is 2. The molecule has 3 aromatic rings. The number of carbonyl (C=O) groups is 1. The van der Waals surface area contributed by atoms with Gasteiger partial charge in [-0.2, -0.15) is 5.10 Å². The molecule has 1 amide bonds. The summed E-state index contributed by atoms with van der Waals surface area (Å²) in [4.78, 5) is 29.8. The van der Waals surface area contributed by atoms with Gasteiger partial charge in [0.15, 0.2) is 0 Å². The van der Waals surface area contributed by atoms with Gasteiger partial charge in [-0.25, -0.2) is 10.2 Å². The Kier molecular flexibility index (Phi) is 6.86. The highest BCUT2D eigenvalue weighted by Crippen LogP contribution is 2.35. The van der Waals surface area contributed by atoms with Gasteiger partial charge in [0.05, 0.1) is 39.2 Å². The van der Waals surface area contributed by atoms with E-state index in [9.17, 15) is 14.9 Å². The lowest BCUT2D eigenvalue weighted by atomic mass is 10.1. The summed E-state index contributed by atoms with van der Waals surface area (Å²) in [6.45, 7) is 4.01. The van der Waals surface area contributed by atoms with Crippen LogP contribution in [0.4, 0.5) is 17.1 Å². The molecule has 0 radical (unpaired) electrons. The molecule has 0 bridgehead atoms. The minimum atomic E-state index is -0.530. The molecule has 0 atom stereocenters. The van der Waals surface area contributed by atoms with Gasteiger partial charge >= 0.3 is 0 Å². The van der Waals surface area contributed by atoms with Crippen molar-refractivity contribution >= 4 is 57.2 Å². The predicted octanol–water partition coefficient (Wildman–Crippen LogP) is 5.47. The molecule has 1 aliphatic carbocycles. The molecule has 0 unspecified atom stereocenters. The molecule has 1 saturated carbocycles. The maximum absolute atomic E-state index is 13.0. The van der Waals surface area contributed by atoms with Crippen LogP contribution in [0.3, 0.4) is 0 Å². The van der Waals surface area contributed by atoms with Crippen molar-refractivity contribution in [3.05, 3.63) is 72.1 Å². The molecule has 1 heterocycles. The molecular weight excluding hydrogens is 561 g/mol. The number of nitro benzene ring substituents is 1. The van der Waals surface area contributed by atoms with Gasteiger partial charge in [0.1, 0.15) is 5.69 Å². The second kappa shape index (κ2) is 9.65. The molecule has 9 nitrogen and oxygen atoms in total. The number of nitrogens with one attached hydrogen (secondary N) is 2. The van der Waals surface area contributed by atoms with Crippen LogP contribution in [-0.4, -0.2) is 27.2 Å². The Balaban J connectivity index is 1.79. The molecule has 0 spiro atoms. The second-order valence-electron chi connectivity index (χ2n) is 7.92. The molecule has 1 aliphatic rings. The van der Waals surface area contributed by atoms with E-state index in [1.54, 1.807) is 32.0 Å². The maximum atomic E-state index is 13.0. The normalized spacial score (nSPS) is 13.1. The Morgan fingerprint density at radius 1 is 1.27 bits per heavy atom. The van der Waals surface area contributed by atoms with Crippen molar-refractivity contribution in [3.8, 4) is 5.69 Å². The molecule has 33 heavy (non-hydrogen) atoms. The first-order valence-electron chi connectivity index (χ1n) is 10.2. The number of amides is 1. The van der Waals surface area contributed by atoms with Gasteiger partial charge in [0.2, 0.25) is 0 Å². The minimum Gasteiger partial charge on any atom is -0.353 e. The van der Waals surface area contributed by atoms with Crippen molar-refractivity contribution in [1.29, 1.82) is 0 Å². The summed E-state index contributed by atoms with van der Waals surface area (Å²) < 4.78 is 2.39. The zero-order chi connectivity index (χ0) is 23.7. The van der Waals surface area contributed by atoms with Gasteiger partial charge in [0, 0.05) is 15.3 Å². The number of rotatable bonds is 8. The Bertz CT molecular complexity index is 1240. The first-order chi connectivity index (χ1) is 15.7. The summed E-state index contributed by atoms with van der Waals surface area (Å²) >= 11 is 8.48. The number of nitro groups is 1. The number of benzene rings is 2. The molecule has 1 fully saturated rings. The largest absolute Gasteiger partial charge is 0.353 e. The van der Waals surface area contributed by atoms with Crippen LogP contribution in [0.25, 0.3) is 5.69 Å². The fourth-order valence-corrected chi connectivity index (χ4v) is 4.26. The van der Waals surface area contributed by atoms with Crippen LogP contribution in [0.1, 0.15) is 34.6 Å². The standard InChI is InChI=1S/C22H21ClIN5O4/c1-12-7-13(2)28(26-12)20-9-16(22(30)27-33-11-14-3-4-14)19(10-21(20)29(31)32)25-18-6-5-15(24)8-17(18)23/h5-10,14,25H,3-4,11H2,1-2H3,(H,27,30). The van der Waals surface area contributed by atoms with Crippen LogP contribution in [-0.2, 0) is 4.84 Å². The van der Waals surface area contributed by atoms with Crippen molar-refractivity contribution in [1.82, 2.24) is 15.3 Å². The van der Waals surface area contributed by atoms with Crippen molar-refractivity contribution < 1.29 is 14.6 Å². The first kappa shape index (κ1) is 23.5. The molecule has 2 aromatic carbocycles. The van der Waals surface area contributed by atoms with E-state index >= 15 is 0 Å². The number of anilines is 2. The summed E-state index contributed by atoms with van der Waals surface area (Å²) in [6, 6.07) is 9.90. The smallest absolute Gasteiger partial charge is 0.297 e. The van der Waals surface area contributed by atoms with Crippen LogP contribution in [0.2, 0.25) is 5.02 Å². The third kappa shape index (κ3) is 5.45. The Morgan fingerprint density at radius 3 is 2.64 bits per heavy atom. The van der Waals surface area contributed by atoms with Crippen molar-refractivity contribution in [2.24, 2.45) is 5.92 Å². The Morgan fingerprint density at radius 2 is 2.03 bits per heavy atom. The highest BCUT2D eigenvalue weighted by molar-refractivity contribution is 14.1. The van der Waals surface area contributed by atoms with E-state index in [-0.39, 0.29) is 22.6 Å². The summed E-state index contributed by atoms with van der Waals surface area (Å²) in [7, 11) is 0. The number of nitrogens with zero attached hydrogens (tertiary/aromatic N) is 3. The number of hydroxylamine groups is 1. The SMILES string of the molecule is Cc1cc(C)n(-c2cc(C(=O)NOCC3CC3)c(Nc3ccc(I)cc3Cl)cc2[N+](=O)[O-])n1. The lowest BCUT2D eigenvalue weighted by Gasteiger charge is -2.16. The average Bonchev–Trinajstić information content (AvgIpc) is 3.51. The van der Waals surface area contributed by atoms with Crippen LogP contribution in [0.15, 0.2) is 36.4 Å². The summed E-state index contributed by atoms with van der Waals surface area (Å²) in [5, 5.41) is 19.8. The zero-order valence-electron chi connectivity index (χ0n) is 17.9. The quantitative estimate of drug-likeness (QED) is 0.207. The third-order valence-corrected chi connectivity index (χ3v) is 6.16. The zero-order valence-corrected chi connectivity index (χ0v) is 20.8. The Hall–Kier alpha value is -2.70. The summed E-state index contributed by atoms with van der Waals surface area (Å²) in [5.74, 6) is -0.0759. The van der Waals surface area contributed by atoms with Gasteiger partial charge in [-0.05, 0) is 85.5 Å². The van der Waals surface area contributed by atoms with Gasteiger partial charge in [-0.1, -0.05) is 11.6 Å². The van der Waals surface area contributed by atoms with Gasteiger partial charge in [-0.15, -0.1) is 0 Å². The van der Waals surface area contributed by atoms with Crippen LogP contribution < -0.4 is 10.8 Å². The summed E-state index contributed by atoms with van der Waals surface area (Å²) in [6.07, 6.45) is 2.15. The van der Waals surface area contributed by atoms with Crippen molar-refractivity contribution in [2.75, 3.05) is 11.9 Å².